The predicted molar refractivity (Wildman–Crippen MR) is 59.7 cm³/mol. The summed E-state index contributed by atoms with van der Waals surface area (Å²) in [5.41, 5.74) is 1.85. The van der Waals surface area contributed by atoms with Gasteiger partial charge in [-0.1, -0.05) is 30.7 Å². The Morgan fingerprint density at radius 2 is 2.33 bits per heavy atom. The van der Waals surface area contributed by atoms with E-state index in [1.165, 1.54) is 0 Å². The minimum Gasteiger partial charge on any atom is -0.249 e. The van der Waals surface area contributed by atoms with Gasteiger partial charge in [-0.3, -0.25) is 0 Å². The highest BCUT2D eigenvalue weighted by Gasteiger charge is 2.11. The largest absolute Gasteiger partial charge is 0.249 e. The Labute approximate surface area is 92.9 Å². The van der Waals surface area contributed by atoms with Crippen LogP contribution in [0.15, 0.2) is 18.2 Å². The molecular formula is C11H10ClN3. The summed E-state index contributed by atoms with van der Waals surface area (Å²) in [5.74, 6) is 0. The number of halogens is 1. The van der Waals surface area contributed by atoms with Crippen LogP contribution in [-0.4, -0.2) is 9.78 Å². The standard InChI is InChI=1S/C11H10ClN3/c1-2-10-8-4-3-5-9(12)11(8)15(14-10)7-6-13/h3-5H,2,7H2,1H3. The molecule has 4 heteroatoms. The molecule has 0 spiro atoms. The lowest BCUT2D eigenvalue weighted by Gasteiger charge is -1.98. The average Bonchev–Trinajstić information content (AvgIpc) is 2.59. The Morgan fingerprint density at radius 1 is 1.53 bits per heavy atom. The van der Waals surface area contributed by atoms with Crippen LogP contribution in [0.4, 0.5) is 0 Å². The highest BCUT2D eigenvalue weighted by molar-refractivity contribution is 6.35. The first kappa shape index (κ1) is 10.0. The number of fused-ring (bicyclic) bond motifs is 1. The summed E-state index contributed by atoms with van der Waals surface area (Å²) in [4.78, 5) is 0. The number of hydrogen-bond donors (Lipinski definition) is 0. The molecule has 1 aromatic heterocycles. The smallest absolute Gasteiger partial charge is 0.128 e. The molecular weight excluding hydrogens is 210 g/mol. The molecule has 0 aliphatic carbocycles. The Balaban J connectivity index is 2.77. The summed E-state index contributed by atoms with van der Waals surface area (Å²) < 4.78 is 1.66. The van der Waals surface area contributed by atoms with E-state index >= 15 is 0 Å². The number of para-hydroxylation sites is 1. The predicted octanol–water partition coefficient (Wildman–Crippen LogP) is 2.78. The molecule has 0 fully saturated rings. The fourth-order valence-electron chi connectivity index (χ4n) is 1.70. The van der Waals surface area contributed by atoms with Crippen LogP contribution in [-0.2, 0) is 13.0 Å². The van der Waals surface area contributed by atoms with E-state index in [1.807, 2.05) is 25.1 Å². The molecule has 0 aliphatic heterocycles. The van der Waals surface area contributed by atoms with E-state index in [0.29, 0.717) is 5.02 Å². The molecule has 0 saturated carbocycles. The quantitative estimate of drug-likeness (QED) is 0.780. The molecule has 0 unspecified atom stereocenters. The second-order valence-electron chi connectivity index (χ2n) is 3.25. The van der Waals surface area contributed by atoms with E-state index in [4.69, 9.17) is 16.9 Å². The summed E-state index contributed by atoms with van der Waals surface area (Å²) in [6, 6.07) is 7.79. The highest BCUT2D eigenvalue weighted by atomic mass is 35.5. The normalized spacial score (nSPS) is 10.5. The van der Waals surface area contributed by atoms with Crippen LogP contribution < -0.4 is 0 Å². The van der Waals surface area contributed by atoms with Crippen LogP contribution in [0.3, 0.4) is 0 Å². The first-order valence-corrected chi connectivity index (χ1v) is 5.16. The van der Waals surface area contributed by atoms with E-state index in [1.54, 1.807) is 4.68 Å². The number of rotatable bonds is 2. The number of nitrogens with zero attached hydrogens (tertiary/aromatic N) is 3. The number of aromatic nitrogens is 2. The topological polar surface area (TPSA) is 41.6 Å². The summed E-state index contributed by atoms with van der Waals surface area (Å²) in [7, 11) is 0. The van der Waals surface area contributed by atoms with Gasteiger partial charge in [0.05, 0.1) is 22.3 Å². The molecule has 0 saturated heterocycles. The summed E-state index contributed by atoms with van der Waals surface area (Å²) in [5, 5.41) is 14.8. The Bertz CT molecular complexity index is 536. The van der Waals surface area contributed by atoms with Gasteiger partial charge in [0, 0.05) is 5.39 Å². The maximum Gasteiger partial charge on any atom is 0.128 e. The third-order valence-corrected chi connectivity index (χ3v) is 2.66. The molecule has 1 aromatic carbocycles. The lowest BCUT2D eigenvalue weighted by atomic mass is 10.2. The molecule has 0 aliphatic rings. The maximum absolute atomic E-state index is 8.70. The molecule has 15 heavy (non-hydrogen) atoms. The van der Waals surface area contributed by atoms with Gasteiger partial charge >= 0.3 is 0 Å². The first-order chi connectivity index (χ1) is 7.27. The molecule has 2 aromatic rings. The van der Waals surface area contributed by atoms with Crippen molar-refractivity contribution in [2.45, 2.75) is 19.9 Å². The molecule has 0 radical (unpaired) electrons. The van der Waals surface area contributed by atoms with Crippen molar-refractivity contribution in [1.29, 1.82) is 5.26 Å². The zero-order chi connectivity index (χ0) is 10.8. The van der Waals surface area contributed by atoms with Crippen LogP contribution in [0.5, 0.6) is 0 Å². The minimum atomic E-state index is 0.236. The van der Waals surface area contributed by atoms with E-state index in [2.05, 4.69) is 11.2 Å². The van der Waals surface area contributed by atoms with Crippen molar-refractivity contribution >= 4 is 22.5 Å². The van der Waals surface area contributed by atoms with Gasteiger partial charge in [-0.15, -0.1) is 0 Å². The van der Waals surface area contributed by atoms with Gasteiger partial charge in [-0.25, -0.2) is 4.68 Å². The molecule has 0 N–H and O–H groups in total. The van der Waals surface area contributed by atoms with Crippen molar-refractivity contribution in [2.75, 3.05) is 0 Å². The first-order valence-electron chi connectivity index (χ1n) is 4.78. The van der Waals surface area contributed by atoms with Gasteiger partial charge in [0.25, 0.3) is 0 Å². The second kappa shape index (κ2) is 3.92. The maximum atomic E-state index is 8.70. The number of aryl methyl sites for hydroxylation is 1. The molecule has 3 nitrogen and oxygen atoms in total. The van der Waals surface area contributed by atoms with Crippen molar-refractivity contribution in [3.8, 4) is 6.07 Å². The molecule has 76 valence electrons. The molecule has 0 amide bonds. The van der Waals surface area contributed by atoms with Crippen molar-refractivity contribution in [3.05, 3.63) is 28.9 Å². The second-order valence-corrected chi connectivity index (χ2v) is 3.66. The highest BCUT2D eigenvalue weighted by Crippen LogP contribution is 2.26. The summed E-state index contributed by atoms with van der Waals surface area (Å²) in [6.07, 6.45) is 0.843. The SMILES string of the molecule is CCc1nn(CC#N)c2c(Cl)cccc12. The van der Waals surface area contributed by atoms with E-state index in [0.717, 1.165) is 23.0 Å². The van der Waals surface area contributed by atoms with Crippen LogP contribution in [0.2, 0.25) is 5.02 Å². The van der Waals surface area contributed by atoms with Gasteiger partial charge in [-0.2, -0.15) is 10.4 Å². The zero-order valence-corrected chi connectivity index (χ0v) is 9.12. The summed E-state index contributed by atoms with van der Waals surface area (Å²) in [6.45, 7) is 2.28. The fourth-order valence-corrected chi connectivity index (χ4v) is 1.97. The molecule has 2 rings (SSSR count). The monoisotopic (exact) mass is 219 g/mol. The van der Waals surface area contributed by atoms with Crippen molar-refractivity contribution < 1.29 is 0 Å². The van der Waals surface area contributed by atoms with Crippen molar-refractivity contribution in [1.82, 2.24) is 9.78 Å². The lowest BCUT2D eigenvalue weighted by molar-refractivity contribution is 0.717. The number of nitriles is 1. The van der Waals surface area contributed by atoms with Gasteiger partial charge in [0.2, 0.25) is 0 Å². The van der Waals surface area contributed by atoms with Gasteiger partial charge < -0.3 is 0 Å². The van der Waals surface area contributed by atoms with Crippen LogP contribution >= 0.6 is 11.6 Å². The van der Waals surface area contributed by atoms with Crippen LogP contribution in [0, 0.1) is 11.3 Å². The molecule has 1 heterocycles. The zero-order valence-electron chi connectivity index (χ0n) is 8.37. The van der Waals surface area contributed by atoms with E-state index in [-0.39, 0.29) is 6.54 Å². The summed E-state index contributed by atoms with van der Waals surface area (Å²) >= 11 is 6.10. The van der Waals surface area contributed by atoms with Gasteiger partial charge in [0.1, 0.15) is 6.54 Å². The Morgan fingerprint density at radius 3 is 3.00 bits per heavy atom. The van der Waals surface area contributed by atoms with Gasteiger partial charge in [-0.05, 0) is 12.5 Å². The molecule has 0 atom stereocenters. The fraction of sp³-hybridized carbons (Fsp3) is 0.273. The average molecular weight is 220 g/mol. The molecule has 0 bridgehead atoms. The van der Waals surface area contributed by atoms with Crippen LogP contribution in [0.25, 0.3) is 10.9 Å². The van der Waals surface area contributed by atoms with Gasteiger partial charge in [0.15, 0.2) is 0 Å². The minimum absolute atomic E-state index is 0.236. The number of hydrogen-bond acceptors (Lipinski definition) is 2. The number of benzene rings is 1. The third-order valence-electron chi connectivity index (χ3n) is 2.35. The lowest BCUT2D eigenvalue weighted by Crippen LogP contribution is -1.98. The third kappa shape index (κ3) is 1.57. The van der Waals surface area contributed by atoms with Crippen molar-refractivity contribution in [3.63, 3.8) is 0 Å². The Kier molecular flexibility index (Phi) is 2.61. The van der Waals surface area contributed by atoms with Crippen LogP contribution in [0.1, 0.15) is 12.6 Å². The Hall–Kier alpha value is -1.53. The van der Waals surface area contributed by atoms with E-state index in [9.17, 15) is 0 Å². The van der Waals surface area contributed by atoms with E-state index < -0.39 is 0 Å². The van der Waals surface area contributed by atoms with Crippen molar-refractivity contribution in [2.24, 2.45) is 0 Å².